The number of aliphatic hydroxyl groups is 11. The van der Waals surface area contributed by atoms with E-state index in [1.807, 2.05) is 6.92 Å². The van der Waals surface area contributed by atoms with Gasteiger partial charge in [-0.1, -0.05) is 39.3 Å². The van der Waals surface area contributed by atoms with Crippen LogP contribution in [0.1, 0.15) is 86.0 Å². The summed E-state index contributed by atoms with van der Waals surface area (Å²) in [6.07, 6.45) is -14.3. The van der Waals surface area contributed by atoms with Gasteiger partial charge < -0.3 is 94.1 Å². The Kier molecular flexibility index (Phi) is 15.0. The van der Waals surface area contributed by atoms with Gasteiger partial charge in [0.15, 0.2) is 24.7 Å². The van der Waals surface area contributed by atoms with Gasteiger partial charge in [0.2, 0.25) is 0 Å². The zero-order valence-corrected chi connectivity index (χ0v) is 38.4. The molecule has 7 fully saturated rings. The van der Waals surface area contributed by atoms with Crippen molar-refractivity contribution in [2.24, 2.45) is 46.3 Å². The smallest absolute Gasteiger partial charge is 0.187 e. The molecule has 4 aliphatic heterocycles. The minimum Gasteiger partial charge on any atom is -0.394 e. The Morgan fingerprint density at radius 2 is 1.40 bits per heavy atom. The number of hydrogen-bond donors (Lipinski definition) is 11. The van der Waals surface area contributed by atoms with Gasteiger partial charge in [-0.2, -0.15) is 0 Å². The highest BCUT2D eigenvalue weighted by Gasteiger charge is 2.69. The predicted octanol–water partition coefficient (Wildman–Crippen LogP) is -1.21. The van der Waals surface area contributed by atoms with Crippen LogP contribution in [0.3, 0.4) is 0 Å². The normalized spacial score (nSPS) is 54.8. The Morgan fingerprint density at radius 3 is 2.09 bits per heavy atom. The van der Waals surface area contributed by atoms with Crippen molar-refractivity contribution >= 4 is 0 Å². The van der Waals surface area contributed by atoms with Gasteiger partial charge in [0.05, 0.1) is 44.2 Å². The van der Waals surface area contributed by atoms with Crippen molar-refractivity contribution in [2.75, 3.05) is 26.9 Å². The molecule has 19 nitrogen and oxygen atoms in total. The molecule has 19 heteroatoms. The summed E-state index contributed by atoms with van der Waals surface area (Å²) in [5, 5.41) is 116. The SMILES string of the molecule is COC1(CCC(C)COC2OC(CO)C(O)C(O)C2O)OC2CC3C4CC=C5CC(OC6OC(CO)C(OC7OC(C)C(O)C(O)C7O)C(O)C6O)CC(O)C5(C)C4CCC3(C)C2C1C. The quantitative estimate of drug-likeness (QED) is 0.0967. The van der Waals surface area contributed by atoms with Crippen molar-refractivity contribution in [3.63, 3.8) is 0 Å². The van der Waals surface area contributed by atoms with Crippen LogP contribution in [0.4, 0.5) is 0 Å². The molecule has 8 aliphatic rings. The molecule has 0 aromatic carbocycles. The van der Waals surface area contributed by atoms with Gasteiger partial charge in [-0.25, -0.2) is 0 Å². The van der Waals surface area contributed by atoms with E-state index >= 15 is 0 Å². The number of allylic oxidation sites excluding steroid dienone is 1. The van der Waals surface area contributed by atoms with Crippen molar-refractivity contribution in [1.82, 2.24) is 0 Å². The highest BCUT2D eigenvalue weighted by Crippen LogP contribution is 2.70. The fraction of sp³-hybridized carbons (Fsp3) is 0.957. The maximum absolute atomic E-state index is 12.1. The van der Waals surface area contributed by atoms with Crippen LogP contribution >= 0.6 is 0 Å². The number of ether oxygens (including phenoxy) is 8. The minimum absolute atomic E-state index is 0.0000526. The first kappa shape index (κ1) is 50.4. The number of methoxy groups -OCH3 is 1. The Bertz CT molecular complexity index is 1650. The first-order valence-electron chi connectivity index (χ1n) is 23.9. The van der Waals surface area contributed by atoms with E-state index in [-0.39, 0.29) is 48.2 Å². The lowest BCUT2D eigenvalue weighted by Crippen LogP contribution is -2.64. The second-order valence-electron chi connectivity index (χ2n) is 21.3. The number of fused-ring (bicyclic) bond motifs is 7. The van der Waals surface area contributed by atoms with Gasteiger partial charge in [0.25, 0.3) is 0 Å². The van der Waals surface area contributed by atoms with Crippen LogP contribution in [0.5, 0.6) is 0 Å². The average molecular weight is 933 g/mol. The topological polar surface area (TPSA) is 296 Å². The molecule has 0 radical (unpaired) electrons. The summed E-state index contributed by atoms with van der Waals surface area (Å²) in [5.74, 6) is 0.468. The summed E-state index contributed by atoms with van der Waals surface area (Å²) in [7, 11) is 1.71. The van der Waals surface area contributed by atoms with Crippen LogP contribution in [0.2, 0.25) is 0 Å². The van der Waals surface area contributed by atoms with E-state index in [1.165, 1.54) is 6.92 Å². The number of rotatable bonds is 13. The van der Waals surface area contributed by atoms with Crippen molar-refractivity contribution < 1.29 is 94.1 Å². The van der Waals surface area contributed by atoms with E-state index in [0.29, 0.717) is 31.1 Å². The molecule has 11 N–H and O–H groups in total. The molecule has 4 heterocycles. The van der Waals surface area contributed by atoms with Crippen molar-refractivity contribution in [3.05, 3.63) is 11.6 Å². The van der Waals surface area contributed by atoms with E-state index in [4.69, 9.17) is 37.9 Å². The Labute approximate surface area is 380 Å². The molecule has 27 atom stereocenters. The molecule has 4 aliphatic carbocycles. The van der Waals surface area contributed by atoms with Gasteiger partial charge >= 0.3 is 0 Å². The van der Waals surface area contributed by atoms with Gasteiger partial charge in [0, 0.05) is 31.3 Å². The molecular weight excluding hydrogens is 856 g/mol. The summed E-state index contributed by atoms with van der Waals surface area (Å²) in [5.41, 5.74) is 0.574. The Hall–Kier alpha value is -1.02. The minimum atomic E-state index is -1.67. The molecule has 374 valence electrons. The molecule has 0 bridgehead atoms. The average Bonchev–Trinajstić information content (AvgIpc) is 3.75. The van der Waals surface area contributed by atoms with Crippen LogP contribution < -0.4 is 0 Å². The summed E-state index contributed by atoms with van der Waals surface area (Å²) in [6, 6.07) is 0. The van der Waals surface area contributed by atoms with Gasteiger partial charge in [-0.05, 0) is 80.5 Å². The molecule has 27 unspecified atom stereocenters. The highest BCUT2D eigenvalue weighted by atomic mass is 16.7. The molecule has 0 aromatic rings. The molecule has 0 amide bonds. The van der Waals surface area contributed by atoms with Gasteiger partial charge in [0.1, 0.15) is 67.1 Å². The summed E-state index contributed by atoms with van der Waals surface area (Å²) >= 11 is 0. The van der Waals surface area contributed by atoms with Crippen LogP contribution in [-0.4, -0.2) is 199 Å². The van der Waals surface area contributed by atoms with Crippen LogP contribution in [-0.2, 0) is 37.9 Å². The first-order chi connectivity index (χ1) is 30.7. The molecule has 0 aromatic heterocycles. The molecule has 8 rings (SSSR count). The van der Waals surface area contributed by atoms with Crippen LogP contribution in [0.25, 0.3) is 0 Å². The lowest BCUT2D eigenvalue weighted by molar-refractivity contribution is -0.361. The van der Waals surface area contributed by atoms with Crippen LogP contribution in [0.15, 0.2) is 11.6 Å². The molecule has 3 saturated carbocycles. The maximum Gasteiger partial charge on any atom is 0.187 e. The standard InChI is InChI=1S/C46H76O19/c1-19(18-59-41-37(55)35(53)33(51)28(16-47)62-41)9-12-46(58-6)20(2)31-27(65-46)15-26-24-8-7-22-13-23(14-30(49)45(22,5)25(24)10-11-44(26,31)4)61-43-39(57)36(54)40(29(17-48)63-43)64-42-38(56)34(52)32(50)21(3)60-42/h7,19-21,23-43,47-57H,8-18H2,1-6H3. The molecule has 4 saturated heterocycles. The predicted molar refractivity (Wildman–Crippen MR) is 224 cm³/mol. The van der Waals surface area contributed by atoms with E-state index in [2.05, 4.69) is 26.8 Å². The molecule has 0 spiro atoms. The fourth-order valence-corrected chi connectivity index (χ4v) is 13.9. The van der Waals surface area contributed by atoms with Gasteiger partial charge in [-0.3, -0.25) is 0 Å². The Morgan fingerprint density at radius 1 is 0.754 bits per heavy atom. The van der Waals surface area contributed by atoms with E-state index in [1.54, 1.807) is 7.11 Å². The fourth-order valence-electron chi connectivity index (χ4n) is 13.9. The summed E-state index contributed by atoms with van der Waals surface area (Å²) < 4.78 is 48.2. The van der Waals surface area contributed by atoms with Crippen molar-refractivity contribution in [2.45, 2.75) is 202 Å². The zero-order chi connectivity index (χ0) is 47.1. The van der Waals surface area contributed by atoms with E-state index in [9.17, 15) is 56.2 Å². The third-order valence-corrected chi connectivity index (χ3v) is 17.8. The largest absolute Gasteiger partial charge is 0.394 e. The second kappa shape index (κ2) is 19.3. The second-order valence-corrected chi connectivity index (χ2v) is 21.3. The lowest BCUT2D eigenvalue weighted by atomic mass is 9.46. The Balaban J connectivity index is 0.879. The number of hydrogen-bond acceptors (Lipinski definition) is 19. The summed E-state index contributed by atoms with van der Waals surface area (Å²) in [6.45, 7) is 9.38. The monoisotopic (exact) mass is 932 g/mol. The third kappa shape index (κ3) is 8.60. The molecule has 65 heavy (non-hydrogen) atoms. The van der Waals surface area contributed by atoms with Crippen molar-refractivity contribution in [1.29, 1.82) is 0 Å². The van der Waals surface area contributed by atoms with Crippen molar-refractivity contribution in [3.8, 4) is 0 Å². The zero-order valence-electron chi connectivity index (χ0n) is 38.4. The first-order valence-corrected chi connectivity index (χ1v) is 23.9. The lowest BCUT2D eigenvalue weighted by Gasteiger charge is -2.60. The number of aliphatic hydroxyl groups excluding tert-OH is 11. The van der Waals surface area contributed by atoms with Crippen LogP contribution in [0, 0.1) is 46.3 Å². The van der Waals surface area contributed by atoms with E-state index < -0.39 is 129 Å². The molecular formula is C46H76O19. The highest BCUT2D eigenvalue weighted by molar-refractivity contribution is 5.28. The summed E-state index contributed by atoms with van der Waals surface area (Å²) in [4.78, 5) is 0. The van der Waals surface area contributed by atoms with Gasteiger partial charge in [-0.15, -0.1) is 0 Å². The maximum atomic E-state index is 12.1. The third-order valence-electron chi connectivity index (χ3n) is 17.8. The van der Waals surface area contributed by atoms with E-state index in [0.717, 1.165) is 31.3 Å².